The van der Waals surface area contributed by atoms with E-state index in [0.29, 0.717) is 0 Å². The van der Waals surface area contributed by atoms with Crippen LogP contribution in [-0.2, 0) is 4.79 Å². The minimum atomic E-state index is -0.811. The Hall–Kier alpha value is -0.850. The summed E-state index contributed by atoms with van der Waals surface area (Å²) in [6, 6.07) is 4.10. The van der Waals surface area contributed by atoms with E-state index < -0.39 is 5.97 Å². The standard InChI is InChI=1S/C10H9NO2S3/c1-6-2-3-8(16-6)7-4-14-10(11-7)15-5-9(12)13/h2-4H,5H2,1H3,(H,12,13). The summed E-state index contributed by atoms with van der Waals surface area (Å²) in [6.07, 6.45) is 0. The number of carboxylic acid groups (broad SMARTS) is 1. The molecule has 16 heavy (non-hydrogen) atoms. The molecule has 0 unspecified atom stereocenters. The van der Waals surface area contributed by atoms with Crippen molar-refractivity contribution in [2.45, 2.75) is 11.3 Å². The Balaban J connectivity index is 2.10. The van der Waals surface area contributed by atoms with Gasteiger partial charge in [-0.15, -0.1) is 22.7 Å². The molecule has 2 aromatic rings. The highest BCUT2D eigenvalue weighted by Gasteiger charge is 2.08. The number of hydrogen-bond acceptors (Lipinski definition) is 5. The van der Waals surface area contributed by atoms with Crippen LogP contribution >= 0.6 is 34.4 Å². The van der Waals surface area contributed by atoms with Crippen molar-refractivity contribution in [1.29, 1.82) is 0 Å². The van der Waals surface area contributed by atoms with Crippen LogP contribution in [0.1, 0.15) is 4.88 Å². The van der Waals surface area contributed by atoms with Crippen molar-refractivity contribution in [2.75, 3.05) is 5.75 Å². The number of aryl methyl sites for hydroxylation is 1. The molecule has 1 N–H and O–H groups in total. The van der Waals surface area contributed by atoms with Gasteiger partial charge in [0.25, 0.3) is 0 Å². The number of thioether (sulfide) groups is 1. The highest BCUT2D eigenvalue weighted by Crippen LogP contribution is 2.31. The van der Waals surface area contributed by atoms with Gasteiger partial charge in [-0.25, -0.2) is 4.98 Å². The molecular weight excluding hydrogens is 262 g/mol. The molecular formula is C10H9NO2S3. The summed E-state index contributed by atoms with van der Waals surface area (Å²) >= 11 is 4.45. The van der Waals surface area contributed by atoms with E-state index >= 15 is 0 Å². The number of hydrogen-bond donors (Lipinski definition) is 1. The molecule has 0 fully saturated rings. The van der Waals surface area contributed by atoms with Crippen molar-refractivity contribution >= 4 is 40.4 Å². The number of aliphatic carboxylic acids is 1. The number of aromatic nitrogens is 1. The van der Waals surface area contributed by atoms with Crippen LogP contribution in [-0.4, -0.2) is 21.8 Å². The topological polar surface area (TPSA) is 50.2 Å². The van der Waals surface area contributed by atoms with Crippen LogP contribution < -0.4 is 0 Å². The summed E-state index contributed by atoms with van der Waals surface area (Å²) in [5.74, 6) is -0.745. The number of nitrogens with zero attached hydrogens (tertiary/aromatic N) is 1. The smallest absolute Gasteiger partial charge is 0.313 e. The number of carboxylic acids is 1. The quantitative estimate of drug-likeness (QED) is 0.866. The van der Waals surface area contributed by atoms with Crippen LogP contribution in [0.15, 0.2) is 21.9 Å². The fraction of sp³-hybridized carbons (Fsp3) is 0.200. The van der Waals surface area contributed by atoms with E-state index in [9.17, 15) is 4.79 Å². The van der Waals surface area contributed by atoms with Crippen molar-refractivity contribution in [2.24, 2.45) is 0 Å². The normalized spacial score (nSPS) is 10.6. The van der Waals surface area contributed by atoms with Crippen molar-refractivity contribution in [3.05, 3.63) is 22.4 Å². The zero-order valence-corrected chi connectivity index (χ0v) is 10.9. The lowest BCUT2D eigenvalue weighted by Crippen LogP contribution is -1.96. The molecule has 0 atom stereocenters. The first-order valence-corrected chi connectivity index (χ1v) is 7.20. The van der Waals surface area contributed by atoms with Gasteiger partial charge in [0.05, 0.1) is 16.3 Å². The highest BCUT2D eigenvalue weighted by molar-refractivity contribution is 8.01. The zero-order valence-electron chi connectivity index (χ0n) is 8.47. The monoisotopic (exact) mass is 271 g/mol. The molecule has 0 radical (unpaired) electrons. The van der Waals surface area contributed by atoms with Crippen LogP contribution in [0.2, 0.25) is 0 Å². The molecule has 2 rings (SSSR count). The van der Waals surface area contributed by atoms with E-state index in [1.54, 1.807) is 11.3 Å². The number of rotatable bonds is 4. The summed E-state index contributed by atoms with van der Waals surface area (Å²) in [5.41, 5.74) is 0.941. The van der Waals surface area contributed by atoms with Gasteiger partial charge in [-0.1, -0.05) is 11.8 Å². The Morgan fingerprint density at radius 1 is 1.56 bits per heavy atom. The van der Waals surface area contributed by atoms with Gasteiger partial charge in [-0.3, -0.25) is 4.79 Å². The molecule has 3 nitrogen and oxygen atoms in total. The van der Waals surface area contributed by atoms with Gasteiger partial charge >= 0.3 is 5.97 Å². The fourth-order valence-electron chi connectivity index (χ4n) is 1.13. The second-order valence-corrected chi connectivity index (χ2v) is 6.46. The van der Waals surface area contributed by atoms with Gasteiger partial charge in [-0.05, 0) is 19.1 Å². The summed E-state index contributed by atoms with van der Waals surface area (Å²) in [4.78, 5) is 17.2. The second kappa shape index (κ2) is 4.99. The molecule has 2 aromatic heterocycles. The molecule has 0 aliphatic heterocycles. The molecule has 84 valence electrons. The third-order valence-electron chi connectivity index (χ3n) is 1.80. The van der Waals surface area contributed by atoms with E-state index in [1.807, 2.05) is 11.4 Å². The lowest BCUT2D eigenvalue weighted by atomic mass is 10.4. The first-order chi connectivity index (χ1) is 7.65. The Labute approximate surface area is 105 Å². The van der Waals surface area contributed by atoms with E-state index in [2.05, 4.69) is 18.0 Å². The third kappa shape index (κ3) is 2.84. The lowest BCUT2D eigenvalue weighted by molar-refractivity contribution is -0.133. The average Bonchev–Trinajstić information content (AvgIpc) is 2.83. The number of thiophene rings is 1. The molecule has 2 heterocycles. The van der Waals surface area contributed by atoms with E-state index in [1.165, 1.54) is 28.0 Å². The SMILES string of the molecule is Cc1ccc(-c2csc(SCC(=O)O)n2)s1. The maximum atomic E-state index is 10.4. The van der Waals surface area contributed by atoms with E-state index in [4.69, 9.17) is 5.11 Å². The molecule has 0 aliphatic rings. The van der Waals surface area contributed by atoms with Gasteiger partial charge in [0.15, 0.2) is 4.34 Å². The third-order valence-corrected chi connectivity index (χ3v) is 4.82. The Morgan fingerprint density at radius 3 is 3.00 bits per heavy atom. The van der Waals surface area contributed by atoms with Crippen LogP contribution in [0.4, 0.5) is 0 Å². The zero-order chi connectivity index (χ0) is 11.5. The molecule has 0 bridgehead atoms. The molecule has 0 amide bonds. The van der Waals surface area contributed by atoms with Gasteiger partial charge in [-0.2, -0.15) is 0 Å². The van der Waals surface area contributed by atoms with Crippen molar-refractivity contribution in [1.82, 2.24) is 4.98 Å². The van der Waals surface area contributed by atoms with Crippen molar-refractivity contribution in [3.63, 3.8) is 0 Å². The van der Waals surface area contributed by atoms with Crippen LogP contribution in [0, 0.1) is 6.92 Å². The Kier molecular flexibility index (Phi) is 3.63. The molecule has 6 heteroatoms. The molecule has 0 spiro atoms. The number of carbonyl (C=O) groups is 1. The Bertz CT molecular complexity index is 504. The highest BCUT2D eigenvalue weighted by atomic mass is 32.2. The summed E-state index contributed by atoms with van der Waals surface area (Å²) in [7, 11) is 0. The molecule has 0 aromatic carbocycles. The first kappa shape index (κ1) is 11.6. The average molecular weight is 271 g/mol. The van der Waals surface area contributed by atoms with Gasteiger partial charge in [0, 0.05) is 10.3 Å². The van der Waals surface area contributed by atoms with Crippen LogP contribution in [0.5, 0.6) is 0 Å². The van der Waals surface area contributed by atoms with E-state index in [0.717, 1.165) is 14.9 Å². The van der Waals surface area contributed by atoms with Crippen LogP contribution in [0.25, 0.3) is 10.6 Å². The molecule has 0 aliphatic carbocycles. The lowest BCUT2D eigenvalue weighted by Gasteiger charge is -1.90. The maximum absolute atomic E-state index is 10.4. The Morgan fingerprint density at radius 2 is 2.38 bits per heavy atom. The summed E-state index contributed by atoms with van der Waals surface area (Å²) in [5, 5.41) is 10.5. The predicted octanol–water partition coefficient (Wildman–Crippen LogP) is 3.36. The van der Waals surface area contributed by atoms with Gasteiger partial charge < -0.3 is 5.11 Å². The van der Waals surface area contributed by atoms with Crippen molar-refractivity contribution < 1.29 is 9.90 Å². The maximum Gasteiger partial charge on any atom is 0.313 e. The van der Waals surface area contributed by atoms with E-state index in [-0.39, 0.29) is 5.75 Å². The molecule has 0 saturated heterocycles. The number of thiazole rings is 1. The minimum Gasteiger partial charge on any atom is -0.481 e. The van der Waals surface area contributed by atoms with Gasteiger partial charge in [0.1, 0.15) is 0 Å². The fourth-order valence-corrected chi connectivity index (χ4v) is 3.58. The van der Waals surface area contributed by atoms with Crippen molar-refractivity contribution in [3.8, 4) is 10.6 Å². The minimum absolute atomic E-state index is 0.0659. The largest absolute Gasteiger partial charge is 0.481 e. The molecule has 0 saturated carbocycles. The summed E-state index contributed by atoms with van der Waals surface area (Å²) in [6.45, 7) is 2.06. The predicted molar refractivity (Wildman–Crippen MR) is 68.5 cm³/mol. The second-order valence-electron chi connectivity index (χ2n) is 3.09. The summed E-state index contributed by atoms with van der Waals surface area (Å²) < 4.78 is 0.809. The van der Waals surface area contributed by atoms with Crippen LogP contribution in [0.3, 0.4) is 0 Å². The first-order valence-electron chi connectivity index (χ1n) is 4.52. The van der Waals surface area contributed by atoms with Gasteiger partial charge in [0.2, 0.25) is 0 Å².